The summed E-state index contributed by atoms with van der Waals surface area (Å²) in [6.07, 6.45) is 2.56. The van der Waals surface area contributed by atoms with Crippen LogP contribution in [0.5, 0.6) is 5.75 Å². The van der Waals surface area contributed by atoms with Crippen molar-refractivity contribution in [2.75, 3.05) is 13.7 Å². The maximum Gasteiger partial charge on any atom is 0.186 e. The Morgan fingerprint density at radius 1 is 1.33 bits per heavy atom. The predicted molar refractivity (Wildman–Crippen MR) is 106 cm³/mol. The summed E-state index contributed by atoms with van der Waals surface area (Å²) < 4.78 is 11.0. The van der Waals surface area contributed by atoms with Gasteiger partial charge in [-0.05, 0) is 72.8 Å². The molecule has 3 rings (SSSR count). The first-order valence-electron chi connectivity index (χ1n) is 9.65. The van der Waals surface area contributed by atoms with Crippen LogP contribution in [0.4, 0.5) is 0 Å². The van der Waals surface area contributed by atoms with Gasteiger partial charge < -0.3 is 14.6 Å². The molecule has 1 fully saturated rings. The van der Waals surface area contributed by atoms with E-state index in [9.17, 15) is 9.90 Å². The lowest BCUT2D eigenvalue weighted by Crippen LogP contribution is -2.41. The topological polar surface area (TPSA) is 55.8 Å². The van der Waals surface area contributed by atoms with Gasteiger partial charge in [0, 0.05) is 0 Å². The summed E-state index contributed by atoms with van der Waals surface area (Å²) in [5, 5.41) is 10.1. The monoisotopic (exact) mass is 370 g/mol. The predicted octanol–water partition coefficient (Wildman–Crippen LogP) is 4.22. The van der Waals surface area contributed by atoms with Crippen molar-refractivity contribution in [3.05, 3.63) is 53.1 Å². The van der Waals surface area contributed by atoms with Crippen LogP contribution in [0.15, 0.2) is 47.6 Å². The summed E-state index contributed by atoms with van der Waals surface area (Å²) in [6, 6.07) is 7.86. The van der Waals surface area contributed by atoms with E-state index < -0.39 is 6.10 Å². The van der Waals surface area contributed by atoms with Crippen LogP contribution in [-0.4, -0.2) is 30.7 Å². The molecule has 1 aromatic rings. The molecule has 0 heterocycles. The average molecular weight is 370 g/mol. The van der Waals surface area contributed by atoms with E-state index in [1.54, 1.807) is 7.11 Å². The van der Waals surface area contributed by atoms with Gasteiger partial charge >= 0.3 is 0 Å². The summed E-state index contributed by atoms with van der Waals surface area (Å²) in [7, 11) is 1.66. The third kappa shape index (κ3) is 4.17. The van der Waals surface area contributed by atoms with Crippen molar-refractivity contribution in [1.82, 2.24) is 0 Å². The summed E-state index contributed by atoms with van der Waals surface area (Å²) in [5.41, 5.74) is 4.10. The molecule has 2 aliphatic rings. The molecule has 2 aliphatic carbocycles. The standard InChI is InChI=1S/C23H30O4/c1-15(13-27-14-17-5-7-19(26-4)8-6-17)18-9-10-23(3)12-21(24)22(25)16(2)20(23)11-18/h5-8,18,21,24H,1,9-14H2,2-4H3/t18-,21?,23-/m1/s1. The number of ether oxygens (including phenoxy) is 2. The van der Waals surface area contributed by atoms with Crippen molar-refractivity contribution in [2.24, 2.45) is 11.3 Å². The number of benzene rings is 1. The van der Waals surface area contributed by atoms with Gasteiger partial charge in [0.15, 0.2) is 5.78 Å². The summed E-state index contributed by atoms with van der Waals surface area (Å²) >= 11 is 0. The van der Waals surface area contributed by atoms with E-state index in [1.807, 2.05) is 31.2 Å². The lowest BCUT2D eigenvalue weighted by Gasteiger charge is -2.45. The molecular formula is C23H30O4. The van der Waals surface area contributed by atoms with Crippen LogP contribution in [0.3, 0.4) is 0 Å². The SMILES string of the molecule is C=C(COCc1ccc(OC)cc1)[C@@H]1CC[C@]2(C)CC(O)C(=O)C(C)=C2C1. The number of aliphatic hydroxyl groups excluding tert-OH is 1. The van der Waals surface area contributed by atoms with Crippen molar-refractivity contribution >= 4 is 5.78 Å². The van der Waals surface area contributed by atoms with Gasteiger partial charge in [-0.25, -0.2) is 0 Å². The lowest BCUT2D eigenvalue weighted by molar-refractivity contribution is -0.126. The minimum atomic E-state index is -0.841. The minimum absolute atomic E-state index is 0.0574. The molecule has 0 bridgehead atoms. The third-order valence-electron chi connectivity index (χ3n) is 6.29. The molecule has 0 aromatic heterocycles. The summed E-state index contributed by atoms with van der Waals surface area (Å²) in [4.78, 5) is 12.2. The first-order valence-corrected chi connectivity index (χ1v) is 9.65. The number of hydrogen-bond acceptors (Lipinski definition) is 4. The molecule has 1 unspecified atom stereocenters. The molecule has 0 radical (unpaired) electrons. The Hall–Kier alpha value is -1.91. The fraction of sp³-hybridized carbons (Fsp3) is 0.522. The molecule has 4 nitrogen and oxygen atoms in total. The molecule has 4 heteroatoms. The molecule has 1 N–H and O–H groups in total. The Kier molecular flexibility index (Phi) is 5.87. The zero-order valence-electron chi connectivity index (χ0n) is 16.6. The van der Waals surface area contributed by atoms with Gasteiger partial charge in [0.05, 0.1) is 20.3 Å². The molecule has 1 aromatic carbocycles. The van der Waals surface area contributed by atoms with Crippen molar-refractivity contribution < 1.29 is 19.4 Å². The second kappa shape index (κ2) is 7.99. The molecular weight excluding hydrogens is 340 g/mol. The van der Waals surface area contributed by atoms with Crippen LogP contribution in [-0.2, 0) is 16.1 Å². The quantitative estimate of drug-likeness (QED) is 0.762. The number of hydrogen-bond donors (Lipinski definition) is 1. The number of aliphatic hydroxyl groups is 1. The molecule has 1 saturated carbocycles. The Balaban J connectivity index is 1.57. The van der Waals surface area contributed by atoms with Crippen molar-refractivity contribution in [3.63, 3.8) is 0 Å². The van der Waals surface area contributed by atoms with Gasteiger partial charge in [0.1, 0.15) is 11.9 Å². The Bertz CT molecular complexity index is 746. The highest BCUT2D eigenvalue weighted by Crippen LogP contribution is 2.51. The Morgan fingerprint density at radius 2 is 2.04 bits per heavy atom. The maximum absolute atomic E-state index is 12.2. The van der Waals surface area contributed by atoms with Crippen molar-refractivity contribution in [2.45, 2.75) is 52.2 Å². The maximum atomic E-state index is 12.2. The second-order valence-electron chi connectivity index (χ2n) is 8.19. The van der Waals surface area contributed by atoms with Crippen molar-refractivity contribution in [1.29, 1.82) is 0 Å². The van der Waals surface area contributed by atoms with Crippen LogP contribution >= 0.6 is 0 Å². The zero-order chi connectivity index (χ0) is 19.6. The highest BCUT2D eigenvalue weighted by molar-refractivity contribution is 6.00. The first kappa shape index (κ1) is 19.8. The Morgan fingerprint density at radius 3 is 2.70 bits per heavy atom. The van der Waals surface area contributed by atoms with E-state index in [0.29, 0.717) is 25.6 Å². The number of methoxy groups -OCH3 is 1. The van der Waals surface area contributed by atoms with E-state index in [1.165, 1.54) is 5.57 Å². The number of carbonyl (C=O) groups is 1. The second-order valence-corrected chi connectivity index (χ2v) is 8.19. The van der Waals surface area contributed by atoms with E-state index >= 15 is 0 Å². The molecule has 0 spiro atoms. The number of rotatable bonds is 6. The zero-order valence-corrected chi connectivity index (χ0v) is 16.6. The number of carbonyl (C=O) groups excluding carboxylic acids is 1. The van der Waals surface area contributed by atoms with Crippen LogP contribution in [0.25, 0.3) is 0 Å². The van der Waals surface area contributed by atoms with Crippen LogP contribution in [0, 0.1) is 11.3 Å². The van der Waals surface area contributed by atoms with Gasteiger partial charge in [0.25, 0.3) is 0 Å². The summed E-state index contributed by atoms with van der Waals surface area (Å²) in [6.45, 7) is 9.37. The number of Topliss-reactive ketones (excluding diaryl/α,β-unsaturated/α-hetero) is 1. The highest BCUT2D eigenvalue weighted by Gasteiger charge is 2.44. The highest BCUT2D eigenvalue weighted by atomic mass is 16.5. The number of fused-ring (bicyclic) bond motifs is 1. The van der Waals surface area contributed by atoms with Gasteiger partial charge in [0.2, 0.25) is 0 Å². The molecule has 0 amide bonds. The molecule has 0 aliphatic heterocycles. The molecule has 27 heavy (non-hydrogen) atoms. The normalized spacial score (nSPS) is 28.1. The van der Waals surface area contributed by atoms with Crippen LogP contribution < -0.4 is 4.74 Å². The smallest absolute Gasteiger partial charge is 0.186 e. The Labute approximate surface area is 161 Å². The lowest BCUT2D eigenvalue weighted by atomic mass is 9.60. The van der Waals surface area contributed by atoms with Gasteiger partial charge in [-0.3, -0.25) is 4.79 Å². The third-order valence-corrected chi connectivity index (χ3v) is 6.29. The molecule has 3 atom stereocenters. The molecule has 0 saturated heterocycles. The largest absolute Gasteiger partial charge is 0.497 e. The summed E-state index contributed by atoms with van der Waals surface area (Å²) in [5.74, 6) is 1.07. The minimum Gasteiger partial charge on any atom is -0.497 e. The van der Waals surface area contributed by atoms with Gasteiger partial charge in [-0.1, -0.05) is 31.2 Å². The van der Waals surface area contributed by atoms with Gasteiger partial charge in [-0.15, -0.1) is 0 Å². The van der Waals surface area contributed by atoms with Crippen molar-refractivity contribution in [3.8, 4) is 5.75 Å². The van der Waals surface area contributed by atoms with E-state index in [4.69, 9.17) is 9.47 Å². The van der Waals surface area contributed by atoms with E-state index in [2.05, 4.69) is 13.5 Å². The average Bonchev–Trinajstić information content (AvgIpc) is 2.66. The van der Waals surface area contributed by atoms with Gasteiger partial charge in [-0.2, -0.15) is 0 Å². The first-order chi connectivity index (χ1) is 12.8. The van der Waals surface area contributed by atoms with E-state index in [-0.39, 0.29) is 11.2 Å². The fourth-order valence-electron chi connectivity index (χ4n) is 4.48. The van der Waals surface area contributed by atoms with Crippen LogP contribution in [0.2, 0.25) is 0 Å². The molecule has 146 valence electrons. The van der Waals surface area contributed by atoms with E-state index in [0.717, 1.165) is 41.7 Å². The van der Waals surface area contributed by atoms with Crippen LogP contribution in [0.1, 0.15) is 45.1 Å². The fourth-order valence-corrected chi connectivity index (χ4v) is 4.48. The number of allylic oxidation sites excluding steroid dienone is 1. The number of ketones is 1.